The Morgan fingerprint density at radius 1 is 1.23 bits per heavy atom. The Kier molecular flexibility index (Phi) is 4.34. The van der Waals surface area contributed by atoms with Crippen molar-refractivity contribution in [1.29, 1.82) is 5.26 Å². The zero-order chi connectivity index (χ0) is 18.6. The van der Waals surface area contributed by atoms with Crippen LogP contribution in [0.3, 0.4) is 0 Å². The molecular weight excluding hydrogens is 326 g/mol. The van der Waals surface area contributed by atoms with Crippen LogP contribution in [-0.2, 0) is 9.47 Å². The molecule has 26 heavy (non-hydrogen) atoms. The van der Waals surface area contributed by atoms with Crippen LogP contribution in [0.2, 0.25) is 0 Å². The van der Waals surface area contributed by atoms with Gasteiger partial charge in [-0.05, 0) is 61.5 Å². The molecule has 0 aliphatic heterocycles. The second-order valence-corrected chi connectivity index (χ2v) is 9.02. The molecule has 4 heteroatoms. The number of nitriles is 1. The molecule has 4 nitrogen and oxygen atoms in total. The first-order chi connectivity index (χ1) is 12.4. The van der Waals surface area contributed by atoms with Crippen LogP contribution in [0.4, 0.5) is 0 Å². The van der Waals surface area contributed by atoms with Crippen LogP contribution in [-0.4, -0.2) is 30.7 Å². The van der Waals surface area contributed by atoms with Crippen LogP contribution < -0.4 is 0 Å². The van der Waals surface area contributed by atoms with Gasteiger partial charge in [0.25, 0.3) is 0 Å². The normalized spacial score (nSPS) is 41.0. The number of rotatable bonds is 3. The summed E-state index contributed by atoms with van der Waals surface area (Å²) in [6.45, 7) is 2.22. The fourth-order valence-corrected chi connectivity index (χ4v) is 6.51. The third-order valence-corrected chi connectivity index (χ3v) is 8.27. The maximum Gasteiger partial charge on any atom is 0.171 e. The maximum absolute atomic E-state index is 11.2. The molecule has 0 aromatic carbocycles. The van der Waals surface area contributed by atoms with Gasteiger partial charge >= 0.3 is 0 Å². The van der Waals surface area contributed by atoms with Gasteiger partial charge in [-0.3, -0.25) is 0 Å². The monoisotopic (exact) mass is 357 g/mol. The molecule has 0 radical (unpaired) electrons. The SMILES string of the molecule is COC1(OC)CCC2=C(CCC3C2=CCC2(C)C3CCC2(O)CC#N)C1. The van der Waals surface area contributed by atoms with E-state index >= 15 is 0 Å². The lowest BCUT2D eigenvalue weighted by Crippen LogP contribution is -2.49. The van der Waals surface area contributed by atoms with Crippen LogP contribution in [0.5, 0.6) is 0 Å². The summed E-state index contributed by atoms with van der Waals surface area (Å²) in [7, 11) is 3.50. The molecule has 4 atom stereocenters. The van der Waals surface area contributed by atoms with Gasteiger partial charge in [-0.2, -0.15) is 5.26 Å². The van der Waals surface area contributed by atoms with E-state index in [-0.39, 0.29) is 11.8 Å². The molecule has 0 aromatic heterocycles. The number of ether oxygens (including phenoxy) is 2. The summed E-state index contributed by atoms with van der Waals surface area (Å²) in [5.41, 5.74) is 3.61. The lowest BCUT2D eigenvalue weighted by molar-refractivity contribution is -0.212. The van der Waals surface area contributed by atoms with E-state index in [2.05, 4.69) is 19.1 Å². The summed E-state index contributed by atoms with van der Waals surface area (Å²) in [5.74, 6) is 0.583. The predicted octanol–water partition coefficient (Wildman–Crippen LogP) is 4.26. The zero-order valence-electron chi connectivity index (χ0n) is 16.3. The maximum atomic E-state index is 11.2. The van der Waals surface area contributed by atoms with Crippen molar-refractivity contribution >= 4 is 0 Å². The number of hydrogen-bond donors (Lipinski definition) is 1. The van der Waals surface area contributed by atoms with Crippen molar-refractivity contribution in [3.8, 4) is 6.07 Å². The van der Waals surface area contributed by atoms with Gasteiger partial charge < -0.3 is 14.6 Å². The fourth-order valence-electron chi connectivity index (χ4n) is 6.51. The summed E-state index contributed by atoms with van der Waals surface area (Å²) >= 11 is 0. The molecule has 0 heterocycles. The number of allylic oxidation sites excluding steroid dienone is 3. The smallest absolute Gasteiger partial charge is 0.171 e. The molecule has 1 fully saturated rings. The minimum absolute atomic E-state index is 0.160. The van der Waals surface area contributed by atoms with Crippen molar-refractivity contribution in [2.24, 2.45) is 17.3 Å². The molecule has 0 amide bonds. The standard InChI is InChI=1S/C22H31NO3/c1-20-9-6-17-16-7-11-22(25-2,26-3)14-15(16)4-5-18(17)19(20)8-10-21(20,24)12-13-23/h6,18-19,24H,4-5,7-12,14H2,1-3H3. The van der Waals surface area contributed by atoms with E-state index in [0.717, 1.165) is 51.4 Å². The molecular formula is C22H31NO3. The van der Waals surface area contributed by atoms with E-state index in [1.165, 1.54) is 11.1 Å². The second kappa shape index (κ2) is 6.19. The highest BCUT2D eigenvalue weighted by Crippen LogP contribution is 2.63. The highest BCUT2D eigenvalue weighted by Gasteiger charge is 2.60. The molecule has 4 unspecified atom stereocenters. The fraction of sp³-hybridized carbons (Fsp3) is 0.773. The molecule has 0 saturated heterocycles. The van der Waals surface area contributed by atoms with E-state index in [4.69, 9.17) is 9.47 Å². The van der Waals surface area contributed by atoms with Gasteiger partial charge in [0.2, 0.25) is 0 Å². The van der Waals surface area contributed by atoms with Gasteiger partial charge in [0.1, 0.15) is 0 Å². The van der Waals surface area contributed by atoms with Crippen LogP contribution in [0.25, 0.3) is 0 Å². The van der Waals surface area contributed by atoms with Gasteiger partial charge in [-0.1, -0.05) is 18.6 Å². The van der Waals surface area contributed by atoms with E-state index in [1.807, 2.05) is 0 Å². The van der Waals surface area contributed by atoms with Gasteiger partial charge in [-0.15, -0.1) is 0 Å². The first-order valence-electron chi connectivity index (χ1n) is 10.0. The van der Waals surface area contributed by atoms with Crippen LogP contribution in [0.15, 0.2) is 22.8 Å². The van der Waals surface area contributed by atoms with E-state index < -0.39 is 11.4 Å². The number of methoxy groups -OCH3 is 2. The molecule has 1 saturated carbocycles. The van der Waals surface area contributed by atoms with Crippen molar-refractivity contribution in [3.63, 3.8) is 0 Å². The Hall–Kier alpha value is -1.15. The Bertz CT molecular complexity index is 699. The second-order valence-electron chi connectivity index (χ2n) is 9.02. The van der Waals surface area contributed by atoms with E-state index in [0.29, 0.717) is 11.8 Å². The lowest BCUT2D eigenvalue weighted by Gasteiger charge is -2.51. The predicted molar refractivity (Wildman–Crippen MR) is 99.1 cm³/mol. The molecule has 0 spiro atoms. The molecule has 4 rings (SSSR count). The van der Waals surface area contributed by atoms with Gasteiger partial charge in [0, 0.05) is 32.5 Å². The molecule has 4 aliphatic carbocycles. The third kappa shape index (κ3) is 2.37. The summed E-state index contributed by atoms with van der Waals surface area (Å²) in [6, 6.07) is 2.24. The van der Waals surface area contributed by atoms with E-state index in [1.54, 1.807) is 19.8 Å². The first kappa shape index (κ1) is 18.2. The van der Waals surface area contributed by atoms with Crippen LogP contribution in [0.1, 0.15) is 64.7 Å². The van der Waals surface area contributed by atoms with Gasteiger partial charge in [0.05, 0.1) is 18.1 Å². The number of aliphatic hydroxyl groups is 1. The molecule has 0 aromatic rings. The summed E-state index contributed by atoms with van der Waals surface area (Å²) in [5, 5.41) is 20.4. The Labute approximate surface area is 156 Å². The van der Waals surface area contributed by atoms with Crippen molar-refractivity contribution in [3.05, 3.63) is 22.8 Å². The van der Waals surface area contributed by atoms with Crippen molar-refractivity contribution < 1.29 is 14.6 Å². The topological polar surface area (TPSA) is 62.5 Å². The number of fused-ring (bicyclic) bond motifs is 4. The van der Waals surface area contributed by atoms with Crippen LogP contribution in [0, 0.1) is 28.6 Å². The molecule has 142 valence electrons. The number of nitrogens with zero attached hydrogens (tertiary/aromatic N) is 1. The Morgan fingerprint density at radius 2 is 2.00 bits per heavy atom. The van der Waals surface area contributed by atoms with E-state index in [9.17, 15) is 10.4 Å². The third-order valence-electron chi connectivity index (χ3n) is 8.27. The minimum Gasteiger partial charge on any atom is -0.388 e. The largest absolute Gasteiger partial charge is 0.388 e. The lowest BCUT2D eigenvalue weighted by atomic mass is 9.56. The summed E-state index contributed by atoms with van der Waals surface area (Å²) < 4.78 is 11.4. The van der Waals surface area contributed by atoms with Gasteiger partial charge in [0.15, 0.2) is 5.79 Å². The minimum atomic E-state index is -0.822. The average Bonchev–Trinajstić information content (AvgIpc) is 2.92. The molecule has 4 aliphatic rings. The quantitative estimate of drug-likeness (QED) is 0.767. The van der Waals surface area contributed by atoms with Gasteiger partial charge in [-0.25, -0.2) is 0 Å². The van der Waals surface area contributed by atoms with Crippen molar-refractivity contribution in [1.82, 2.24) is 0 Å². The van der Waals surface area contributed by atoms with Crippen LogP contribution >= 0.6 is 0 Å². The first-order valence-corrected chi connectivity index (χ1v) is 10.0. The molecule has 0 bridgehead atoms. The van der Waals surface area contributed by atoms with Crippen molar-refractivity contribution in [2.75, 3.05) is 14.2 Å². The molecule has 1 N–H and O–H groups in total. The zero-order valence-corrected chi connectivity index (χ0v) is 16.3. The highest BCUT2D eigenvalue weighted by atomic mass is 16.7. The number of hydrogen-bond acceptors (Lipinski definition) is 4. The average molecular weight is 357 g/mol. The van der Waals surface area contributed by atoms with Crippen molar-refractivity contribution in [2.45, 2.75) is 76.1 Å². The Balaban J connectivity index is 1.67. The summed E-state index contributed by atoms with van der Waals surface area (Å²) in [4.78, 5) is 0. The highest BCUT2D eigenvalue weighted by molar-refractivity contribution is 5.45. The Morgan fingerprint density at radius 3 is 2.69 bits per heavy atom. The summed E-state index contributed by atoms with van der Waals surface area (Å²) in [6.07, 6.45) is 10.4.